The quantitative estimate of drug-likeness (QED) is 0.400. The monoisotopic (exact) mass is 432 g/mol. The number of halogens is 1. The van der Waals surface area contributed by atoms with Crippen LogP contribution in [-0.2, 0) is 6.54 Å². The van der Waals surface area contributed by atoms with Crippen LogP contribution in [0.3, 0.4) is 0 Å². The summed E-state index contributed by atoms with van der Waals surface area (Å²) in [5.41, 5.74) is 2.46. The molecule has 0 saturated carbocycles. The summed E-state index contributed by atoms with van der Waals surface area (Å²) in [6, 6.07) is 8.82. The van der Waals surface area contributed by atoms with E-state index in [2.05, 4.69) is 80.9 Å². The summed E-state index contributed by atoms with van der Waals surface area (Å²) in [4.78, 5) is 7.16. The van der Waals surface area contributed by atoms with Gasteiger partial charge in [-0.2, -0.15) is 5.10 Å². The van der Waals surface area contributed by atoms with E-state index in [1.165, 1.54) is 11.3 Å². The summed E-state index contributed by atoms with van der Waals surface area (Å²) in [7, 11) is 0. The van der Waals surface area contributed by atoms with Crippen molar-refractivity contribution in [2.24, 2.45) is 4.99 Å². The van der Waals surface area contributed by atoms with Crippen molar-refractivity contribution >= 4 is 27.6 Å². The fraction of sp³-hybridized carbons (Fsp3) is 0.500. The first-order valence-corrected chi connectivity index (χ1v) is 10.5. The van der Waals surface area contributed by atoms with Gasteiger partial charge < -0.3 is 15.5 Å². The number of benzene rings is 1. The highest BCUT2D eigenvalue weighted by molar-refractivity contribution is 9.10. The Balaban J connectivity index is 1.49. The van der Waals surface area contributed by atoms with E-state index in [1.54, 1.807) is 0 Å². The van der Waals surface area contributed by atoms with E-state index in [0.717, 1.165) is 56.0 Å². The van der Waals surface area contributed by atoms with Crippen LogP contribution in [0.25, 0.3) is 0 Å². The first-order valence-electron chi connectivity index (χ1n) is 9.69. The van der Waals surface area contributed by atoms with Crippen LogP contribution in [0, 0.1) is 6.92 Å². The minimum atomic E-state index is 0.406. The van der Waals surface area contributed by atoms with Crippen LogP contribution in [0.15, 0.2) is 46.1 Å². The molecule has 1 unspecified atom stereocenters. The molecule has 6 nitrogen and oxygen atoms in total. The Morgan fingerprint density at radius 2 is 2.22 bits per heavy atom. The van der Waals surface area contributed by atoms with Crippen molar-refractivity contribution < 1.29 is 0 Å². The number of rotatable bonds is 7. The lowest BCUT2D eigenvalue weighted by atomic mass is 10.3. The maximum Gasteiger partial charge on any atom is 0.191 e. The van der Waals surface area contributed by atoms with Crippen molar-refractivity contribution in [3.05, 3.63) is 46.7 Å². The molecule has 1 aliphatic heterocycles. The van der Waals surface area contributed by atoms with Crippen LogP contribution in [-0.4, -0.2) is 48.0 Å². The summed E-state index contributed by atoms with van der Waals surface area (Å²) in [5, 5.41) is 11.3. The van der Waals surface area contributed by atoms with Crippen molar-refractivity contribution in [3.8, 4) is 0 Å². The zero-order chi connectivity index (χ0) is 19.1. The minimum Gasteiger partial charge on any atom is -0.368 e. The summed E-state index contributed by atoms with van der Waals surface area (Å²) in [6.45, 7) is 8.76. The number of aliphatic imine (C=N–C) groups is 1. The van der Waals surface area contributed by atoms with Crippen molar-refractivity contribution in [2.75, 3.05) is 31.1 Å². The van der Waals surface area contributed by atoms with Gasteiger partial charge in [0, 0.05) is 49.4 Å². The molecule has 2 heterocycles. The molecule has 1 aliphatic rings. The molecule has 0 amide bonds. The molecule has 0 aliphatic carbocycles. The normalized spacial score (nSPS) is 17.4. The van der Waals surface area contributed by atoms with Crippen molar-refractivity contribution in [3.63, 3.8) is 0 Å². The van der Waals surface area contributed by atoms with Gasteiger partial charge in [-0.25, -0.2) is 0 Å². The summed E-state index contributed by atoms with van der Waals surface area (Å²) < 4.78 is 3.14. The van der Waals surface area contributed by atoms with Crippen LogP contribution in [0.5, 0.6) is 0 Å². The number of hydrogen-bond acceptors (Lipinski definition) is 3. The lowest BCUT2D eigenvalue weighted by molar-refractivity contribution is 0.581. The third kappa shape index (κ3) is 5.73. The second-order valence-corrected chi connectivity index (χ2v) is 7.78. The Hall–Kier alpha value is -2.02. The molecule has 0 spiro atoms. The SMILES string of the molecule is CCNC(=NCCCn1cc(C)cn1)NC1CCN(c2ccccc2Br)C1. The van der Waals surface area contributed by atoms with Gasteiger partial charge in [-0.15, -0.1) is 0 Å². The topological polar surface area (TPSA) is 57.5 Å². The molecule has 2 aromatic rings. The first-order chi connectivity index (χ1) is 13.2. The second kappa shape index (κ2) is 9.78. The van der Waals surface area contributed by atoms with Crippen LogP contribution in [0.4, 0.5) is 5.69 Å². The lowest BCUT2D eigenvalue weighted by Crippen LogP contribution is -2.44. The Kier molecular flexibility index (Phi) is 7.15. The van der Waals surface area contributed by atoms with Gasteiger partial charge >= 0.3 is 0 Å². The van der Waals surface area contributed by atoms with Crippen LogP contribution in [0.2, 0.25) is 0 Å². The number of aryl methyl sites for hydroxylation is 2. The van der Waals surface area contributed by atoms with Gasteiger partial charge in [0.15, 0.2) is 5.96 Å². The summed E-state index contributed by atoms with van der Waals surface area (Å²) >= 11 is 3.66. The van der Waals surface area contributed by atoms with E-state index in [9.17, 15) is 0 Å². The molecule has 1 atom stereocenters. The average Bonchev–Trinajstić information content (AvgIpc) is 3.28. The summed E-state index contributed by atoms with van der Waals surface area (Å²) in [5.74, 6) is 0.910. The number of anilines is 1. The van der Waals surface area contributed by atoms with Crippen molar-refractivity contribution in [2.45, 2.75) is 39.3 Å². The van der Waals surface area contributed by atoms with Crippen molar-refractivity contribution in [1.82, 2.24) is 20.4 Å². The number of aromatic nitrogens is 2. The molecule has 1 aromatic heterocycles. The van der Waals surface area contributed by atoms with Gasteiger partial charge in [-0.05, 0) is 60.3 Å². The molecule has 2 N–H and O–H groups in total. The zero-order valence-corrected chi connectivity index (χ0v) is 17.7. The van der Waals surface area contributed by atoms with Crippen molar-refractivity contribution in [1.29, 1.82) is 0 Å². The van der Waals surface area contributed by atoms with E-state index in [1.807, 2.05) is 10.9 Å². The standard InChI is InChI=1S/C20H29BrN6/c1-3-22-20(23-10-6-11-27-14-16(2)13-24-27)25-17-9-12-26(15-17)19-8-5-4-7-18(19)21/h4-5,7-8,13-14,17H,3,6,9-12,15H2,1-2H3,(H2,22,23,25). The fourth-order valence-electron chi connectivity index (χ4n) is 3.33. The molecule has 1 saturated heterocycles. The molecule has 3 rings (SSSR count). The Bertz CT molecular complexity index is 756. The zero-order valence-electron chi connectivity index (χ0n) is 16.2. The van der Waals surface area contributed by atoms with Crippen LogP contribution < -0.4 is 15.5 Å². The first kappa shape index (κ1) is 19.7. The van der Waals surface area contributed by atoms with E-state index in [-0.39, 0.29) is 0 Å². The molecule has 0 radical (unpaired) electrons. The molecular formula is C20H29BrN6. The van der Waals surface area contributed by atoms with E-state index in [4.69, 9.17) is 4.99 Å². The van der Waals surface area contributed by atoms with Gasteiger partial charge in [-0.3, -0.25) is 9.67 Å². The third-order valence-corrected chi connectivity index (χ3v) is 5.31. The fourth-order valence-corrected chi connectivity index (χ4v) is 3.87. The Morgan fingerprint density at radius 1 is 1.37 bits per heavy atom. The maximum absolute atomic E-state index is 4.74. The highest BCUT2D eigenvalue weighted by Gasteiger charge is 2.24. The lowest BCUT2D eigenvalue weighted by Gasteiger charge is -2.21. The second-order valence-electron chi connectivity index (χ2n) is 6.92. The molecule has 146 valence electrons. The number of nitrogens with one attached hydrogen (secondary N) is 2. The third-order valence-electron chi connectivity index (χ3n) is 4.64. The molecule has 0 bridgehead atoms. The largest absolute Gasteiger partial charge is 0.368 e. The van der Waals surface area contributed by atoms with Crippen LogP contribution >= 0.6 is 15.9 Å². The highest BCUT2D eigenvalue weighted by Crippen LogP contribution is 2.28. The predicted octanol–water partition coefficient (Wildman–Crippen LogP) is 3.18. The van der Waals surface area contributed by atoms with Gasteiger partial charge in [0.1, 0.15) is 0 Å². The number of guanidine groups is 1. The summed E-state index contributed by atoms with van der Waals surface area (Å²) in [6.07, 6.45) is 6.05. The Labute approximate surface area is 170 Å². The van der Waals surface area contributed by atoms with Gasteiger partial charge in [0.25, 0.3) is 0 Å². The molecule has 7 heteroatoms. The number of para-hydroxylation sites is 1. The minimum absolute atomic E-state index is 0.406. The predicted molar refractivity (Wildman–Crippen MR) is 115 cm³/mol. The van der Waals surface area contributed by atoms with Gasteiger partial charge in [0.05, 0.1) is 11.9 Å². The van der Waals surface area contributed by atoms with Gasteiger partial charge in [0.2, 0.25) is 0 Å². The van der Waals surface area contributed by atoms with Gasteiger partial charge in [-0.1, -0.05) is 12.1 Å². The molecule has 27 heavy (non-hydrogen) atoms. The van der Waals surface area contributed by atoms with E-state index < -0.39 is 0 Å². The number of hydrogen-bond donors (Lipinski definition) is 2. The van der Waals surface area contributed by atoms with E-state index in [0.29, 0.717) is 6.04 Å². The highest BCUT2D eigenvalue weighted by atomic mass is 79.9. The van der Waals surface area contributed by atoms with E-state index >= 15 is 0 Å². The average molecular weight is 433 g/mol. The smallest absolute Gasteiger partial charge is 0.191 e. The number of nitrogens with zero attached hydrogens (tertiary/aromatic N) is 4. The van der Waals surface area contributed by atoms with Crippen LogP contribution in [0.1, 0.15) is 25.3 Å². The maximum atomic E-state index is 4.74. The molecule has 1 aromatic carbocycles. The Morgan fingerprint density at radius 3 is 2.96 bits per heavy atom. The molecular weight excluding hydrogens is 404 g/mol. The molecule has 1 fully saturated rings.